The number of rotatable bonds is 4. The zero-order valence-corrected chi connectivity index (χ0v) is 13.9. The van der Waals surface area contributed by atoms with Gasteiger partial charge in [0.2, 0.25) is 5.88 Å². The molecule has 0 aliphatic rings. The molecule has 0 unspecified atom stereocenters. The second-order valence-corrected chi connectivity index (χ2v) is 5.18. The highest BCUT2D eigenvalue weighted by molar-refractivity contribution is 6.34. The lowest BCUT2D eigenvalue weighted by molar-refractivity contribution is 0.442. The second-order valence-electron chi connectivity index (χ2n) is 4.47. The normalized spacial score (nSPS) is 10.0. The van der Waals surface area contributed by atoms with Crippen LogP contribution < -0.4 is 5.56 Å². The SMILES string of the molecule is CCCc1c(Cl)ncnc1Cl.CCCc1c(O)nc[nH]c1=O. The van der Waals surface area contributed by atoms with Gasteiger partial charge >= 0.3 is 0 Å². The van der Waals surface area contributed by atoms with Gasteiger partial charge in [-0.3, -0.25) is 4.79 Å². The molecule has 0 radical (unpaired) electrons. The summed E-state index contributed by atoms with van der Waals surface area (Å²) < 4.78 is 0. The van der Waals surface area contributed by atoms with E-state index in [4.69, 9.17) is 28.3 Å². The Hall–Kier alpha value is -1.66. The van der Waals surface area contributed by atoms with E-state index >= 15 is 0 Å². The Morgan fingerprint density at radius 2 is 1.59 bits per heavy atom. The molecule has 0 atom stereocenters. The molecule has 0 aliphatic heterocycles. The summed E-state index contributed by atoms with van der Waals surface area (Å²) in [6.07, 6.45) is 5.77. The fourth-order valence-corrected chi connectivity index (χ4v) is 2.23. The van der Waals surface area contributed by atoms with Gasteiger partial charge in [-0.2, -0.15) is 0 Å². The predicted octanol–water partition coefficient (Wildman–Crippen LogP) is 3.16. The number of aromatic hydroxyl groups is 1. The van der Waals surface area contributed by atoms with Crippen LogP contribution in [-0.2, 0) is 12.8 Å². The third-order valence-electron chi connectivity index (χ3n) is 2.77. The number of nitrogens with zero attached hydrogens (tertiary/aromatic N) is 3. The number of aromatic nitrogens is 4. The molecule has 0 saturated heterocycles. The van der Waals surface area contributed by atoms with Crippen LogP contribution in [0.25, 0.3) is 0 Å². The maximum absolute atomic E-state index is 11.0. The molecule has 0 spiro atoms. The highest BCUT2D eigenvalue weighted by atomic mass is 35.5. The van der Waals surface area contributed by atoms with Crippen molar-refractivity contribution in [3.63, 3.8) is 0 Å². The Morgan fingerprint density at radius 1 is 1.05 bits per heavy atom. The van der Waals surface area contributed by atoms with Crippen molar-refractivity contribution in [3.8, 4) is 5.88 Å². The van der Waals surface area contributed by atoms with Crippen molar-refractivity contribution >= 4 is 23.2 Å². The Morgan fingerprint density at radius 3 is 2.09 bits per heavy atom. The maximum Gasteiger partial charge on any atom is 0.257 e. The average Bonchev–Trinajstić information content (AvgIpc) is 2.48. The summed E-state index contributed by atoms with van der Waals surface area (Å²) in [7, 11) is 0. The van der Waals surface area contributed by atoms with Crippen LogP contribution in [0.3, 0.4) is 0 Å². The van der Waals surface area contributed by atoms with E-state index < -0.39 is 0 Å². The van der Waals surface area contributed by atoms with E-state index in [1.807, 2.05) is 6.92 Å². The fourth-order valence-electron chi connectivity index (χ4n) is 1.72. The van der Waals surface area contributed by atoms with E-state index in [2.05, 4.69) is 26.9 Å². The maximum atomic E-state index is 11.0. The summed E-state index contributed by atoms with van der Waals surface area (Å²) in [6, 6.07) is 0. The Bertz CT molecular complexity index is 641. The van der Waals surface area contributed by atoms with Crippen molar-refractivity contribution in [2.24, 2.45) is 0 Å². The Balaban J connectivity index is 0.000000220. The van der Waals surface area contributed by atoms with E-state index in [0.29, 0.717) is 22.3 Å². The van der Waals surface area contributed by atoms with Crippen molar-refractivity contribution in [3.05, 3.63) is 44.4 Å². The van der Waals surface area contributed by atoms with Gasteiger partial charge in [0.25, 0.3) is 5.56 Å². The van der Waals surface area contributed by atoms with Crippen molar-refractivity contribution in [1.82, 2.24) is 19.9 Å². The molecule has 0 amide bonds. The fraction of sp³-hybridized carbons (Fsp3) is 0.429. The van der Waals surface area contributed by atoms with Gasteiger partial charge in [0.05, 0.1) is 11.9 Å². The molecule has 0 fully saturated rings. The van der Waals surface area contributed by atoms with Crippen LogP contribution in [0.2, 0.25) is 10.3 Å². The first-order valence-corrected chi connectivity index (χ1v) is 7.67. The van der Waals surface area contributed by atoms with Crippen LogP contribution in [0, 0.1) is 0 Å². The van der Waals surface area contributed by atoms with Gasteiger partial charge < -0.3 is 10.1 Å². The van der Waals surface area contributed by atoms with Gasteiger partial charge in [0.1, 0.15) is 16.6 Å². The molecule has 0 bridgehead atoms. The zero-order chi connectivity index (χ0) is 16.5. The number of hydrogen-bond acceptors (Lipinski definition) is 5. The minimum atomic E-state index is -0.251. The van der Waals surface area contributed by atoms with Gasteiger partial charge in [-0.25, -0.2) is 15.0 Å². The van der Waals surface area contributed by atoms with E-state index in [0.717, 1.165) is 24.8 Å². The summed E-state index contributed by atoms with van der Waals surface area (Å²) in [6.45, 7) is 3.99. The first kappa shape index (κ1) is 18.4. The highest BCUT2D eigenvalue weighted by Crippen LogP contribution is 2.20. The monoisotopic (exact) mass is 344 g/mol. The summed E-state index contributed by atoms with van der Waals surface area (Å²) >= 11 is 11.5. The lowest BCUT2D eigenvalue weighted by atomic mass is 10.2. The van der Waals surface area contributed by atoms with Gasteiger partial charge in [0.15, 0.2) is 0 Å². The first-order chi connectivity index (χ1) is 10.5. The van der Waals surface area contributed by atoms with Gasteiger partial charge in [-0.1, -0.05) is 49.9 Å². The smallest absolute Gasteiger partial charge is 0.257 e. The van der Waals surface area contributed by atoms with Crippen molar-refractivity contribution in [2.45, 2.75) is 39.5 Å². The molecule has 2 rings (SSSR count). The number of nitrogens with one attached hydrogen (secondary N) is 1. The van der Waals surface area contributed by atoms with Crippen molar-refractivity contribution in [2.75, 3.05) is 0 Å². The number of aromatic amines is 1. The van der Waals surface area contributed by atoms with Crippen molar-refractivity contribution in [1.29, 1.82) is 0 Å². The number of hydrogen-bond donors (Lipinski definition) is 2. The van der Waals surface area contributed by atoms with Gasteiger partial charge in [0, 0.05) is 5.56 Å². The minimum absolute atomic E-state index is 0.157. The molecular formula is C14H18Cl2N4O2. The van der Waals surface area contributed by atoms with Crippen LogP contribution in [0.4, 0.5) is 0 Å². The van der Waals surface area contributed by atoms with Gasteiger partial charge in [-0.15, -0.1) is 0 Å². The molecule has 8 heteroatoms. The molecule has 2 N–H and O–H groups in total. The first-order valence-electron chi connectivity index (χ1n) is 6.91. The molecule has 2 aromatic rings. The molecule has 0 aliphatic carbocycles. The van der Waals surface area contributed by atoms with E-state index in [9.17, 15) is 4.79 Å². The van der Waals surface area contributed by atoms with Crippen LogP contribution >= 0.6 is 23.2 Å². The van der Waals surface area contributed by atoms with E-state index in [1.165, 1.54) is 12.7 Å². The van der Waals surface area contributed by atoms with Crippen LogP contribution in [-0.4, -0.2) is 25.0 Å². The summed E-state index contributed by atoms with van der Waals surface area (Å²) in [4.78, 5) is 24.6. The molecule has 0 aromatic carbocycles. The minimum Gasteiger partial charge on any atom is -0.493 e. The second kappa shape index (κ2) is 9.38. The topological polar surface area (TPSA) is 91.8 Å². The molecule has 0 saturated carbocycles. The lowest BCUT2D eigenvalue weighted by Crippen LogP contribution is -2.12. The predicted molar refractivity (Wildman–Crippen MR) is 86.6 cm³/mol. The van der Waals surface area contributed by atoms with Crippen LogP contribution in [0.1, 0.15) is 37.8 Å². The largest absolute Gasteiger partial charge is 0.493 e. The molecule has 6 nitrogen and oxygen atoms in total. The molecule has 2 aromatic heterocycles. The zero-order valence-electron chi connectivity index (χ0n) is 12.4. The third-order valence-corrected chi connectivity index (χ3v) is 3.42. The molecular weight excluding hydrogens is 327 g/mol. The molecule has 120 valence electrons. The number of halogens is 2. The number of H-pyrrole nitrogens is 1. The van der Waals surface area contributed by atoms with E-state index in [-0.39, 0.29) is 11.4 Å². The molecule has 2 heterocycles. The highest BCUT2D eigenvalue weighted by Gasteiger charge is 2.05. The Labute approximate surface area is 138 Å². The lowest BCUT2D eigenvalue weighted by Gasteiger charge is -2.01. The standard InChI is InChI=1S/C7H8Cl2N2.C7H10N2O2/c1-2-3-5-6(8)10-4-11-7(5)9;1-2-3-5-6(10)8-4-9-7(5)11/h4H,2-3H2,1H3;4H,2-3H2,1H3,(H2,8,9,10,11). The average molecular weight is 345 g/mol. The van der Waals surface area contributed by atoms with Crippen molar-refractivity contribution < 1.29 is 5.11 Å². The molecule has 22 heavy (non-hydrogen) atoms. The van der Waals surface area contributed by atoms with E-state index in [1.54, 1.807) is 0 Å². The third kappa shape index (κ3) is 5.27. The van der Waals surface area contributed by atoms with Gasteiger partial charge in [-0.05, 0) is 12.8 Å². The van der Waals surface area contributed by atoms with Crippen LogP contribution in [0.15, 0.2) is 17.4 Å². The summed E-state index contributed by atoms with van der Waals surface area (Å²) in [5, 5.41) is 10.0. The quantitative estimate of drug-likeness (QED) is 0.831. The Kier molecular flexibility index (Phi) is 7.84. The van der Waals surface area contributed by atoms with Crippen LogP contribution in [0.5, 0.6) is 5.88 Å². The summed E-state index contributed by atoms with van der Waals surface area (Å²) in [5.41, 5.74) is 0.965. The summed E-state index contributed by atoms with van der Waals surface area (Å²) in [5.74, 6) is -0.157.